The quantitative estimate of drug-likeness (QED) is 0.524. The highest BCUT2D eigenvalue weighted by Crippen LogP contribution is 2.33. The average Bonchev–Trinajstić information content (AvgIpc) is 2.85. The van der Waals surface area contributed by atoms with E-state index >= 15 is 0 Å². The number of hydrogen-bond acceptors (Lipinski definition) is 4. The van der Waals surface area contributed by atoms with Gasteiger partial charge in [-0.1, -0.05) is 31.0 Å². The molecule has 7 nitrogen and oxygen atoms in total. The zero-order valence-electron chi connectivity index (χ0n) is 20.5. The molecule has 1 aliphatic rings. The summed E-state index contributed by atoms with van der Waals surface area (Å²) in [5.74, 6) is -3.35. The number of carboxylic acids is 1. The number of carbonyl (C=O) groups is 3. The number of rotatable bonds is 9. The minimum Gasteiger partial charge on any atom is -0.480 e. The van der Waals surface area contributed by atoms with Crippen molar-refractivity contribution in [3.8, 4) is 5.75 Å². The van der Waals surface area contributed by atoms with Crippen molar-refractivity contribution in [2.45, 2.75) is 51.0 Å². The summed E-state index contributed by atoms with van der Waals surface area (Å²) in [5.41, 5.74) is 1.46. The maximum absolute atomic E-state index is 13.6. The molecule has 0 saturated heterocycles. The minimum atomic E-state index is -1.12. The molecular weight excluding hydrogens is 470 g/mol. The normalized spacial score (nSPS) is 18.2. The van der Waals surface area contributed by atoms with Gasteiger partial charge in [-0.25, -0.2) is 18.4 Å². The van der Waals surface area contributed by atoms with Crippen molar-refractivity contribution in [1.29, 1.82) is 0 Å². The Bertz CT molecular complexity index is 1070. The zero-order chi connectivity index (χ0) is 26.2. The van der Waals surface area contributed by atoms with Gasteiger partial charge in [-0.05, 0) is 73.4 Å². The molecule has 0 spiro atoms. The first-order chi connectivity index (χ1) is 17.1. The van der Waals surface area contributed by atoms with E-state index in [1.165, 1.54) is 11.0 Å². The first kappa shape index (κ1) is 27.1. The number of benzene rings is 2. The second-order valence-corrected chi connectivity index (χ2v) is 9.45. The van der Waals surface area contributed by atoms with Crippen LogP contribution in [0.1, 0.15) is 43.2 Å². The predicted octanol–water partition coefficient (Wildman–Crippen LogP) is 4.58. The van der Waals surface area contributed by atoms with Crippen molar-refractivity contribution >= 4 is 18.0 Å². The van der Waals surface area contributed by atoms with Crippen LogP contribution in [0.3, 0.4) is 0 Å². The van der Waals surface area contributed by atoms with E-state index in [9.17, 15) is 28.3 Å². The van der Waals surface area contributed by atoms with E-state index < -0.39 is 29.7 Å². The van der Waals surface area contributed by atoms with Crippen LogP contribution in [-0.4, -0.2) is 48.1 Å². The molecule has 3 atom stereocenters. The van der Waals surface area contributed by atoms with Gasteiger partial charge >= 0.3 is 12.1 Å². The third kappa shape index (κ3) is 7.50. The fraction of sp³-hybridized carbons (Fsp3) is 0.444. The van der Waals surface area contributed by atoms with Crippen molar-refractivity contribution in [1.82, 2.24) is 10.2 Å². The number of hydrogen-bond donors (Lipinski definition) is 2. The van der Waals surface area contributed by atoms with E-state index in [1.54, 1.807) is 38.4 Å². The summed E-state index contributed by atoms with van der Waals surface area (Å²) in [5, 5.41) is 12.4. The summed E-state index contributed by atoms with van der Waals surface area (Å²) >= 11 is 0. The maximum atomic E-state index is 13.6. The van der Waals surface area contributed by atoms with E-state index in [0.717, 1.165) is 37.0 Å². The molecule has 2 amide bonds. The van der Waals surface area contributed by atoms with Gasteiger partial charge in [-0.15, -0.1) is 0 Å². The fourth-order valence-corrected chi connectivity index (χ4v) is 4.53. The van der Waals surface area contributed by atoms with Crippen molar-refractivity contribution in [2.24, 2.45) is 11.8 Å². The Balaban J connectivity index is 1.59. The van der Waals surface area contributed by atoms with Crippen LogP contribution >= 0.6 is 0 Å². The smallest absolute Gasteiger partial charge is 0.414 e. The van der Waals surface area contributed by atoms with Gasteiger partial charge in [0.05, 0.1) is 0 Å². The van der Waals surface area contributed by atoms with Gasteiger partial charge in [0.2, 0.25) is 5.91 Å². The lowest BCUT2D eigenvalue weighted by atomic mass is 9.75. The van der Waals surface area contributed by atoms with Crippen LogP contribution in [0.5, 0.6) is 5.75 Å². The molecule has 194 valence electrons. The third-order valence-corrected chi connectivity index (χ3v) is 6.56. The Morgan fingerprint density at radius 3 is 2.33 bits per heavy atom. The predicted molar refractivity (Wildman–Crippen MR) is 130 cm³/mol. The second-order valence-electron chi connectivity index (χ2n) is 9.45. The number of halogens is 2. The van der Waals surface area contributed by atoms with Gasteiger partial charge in [0, 0.05) is 20.0 Å². The summed E-state index contributed by atoms with van der Waals surface area (Å²) in [6.07, 6.45) is 3.70. The highest BCUT2D eigenvalue weighted by molar-refractivity contribution is 5.85. The Labute approximate surface area is 209 Å². The van der Waals surface area contributed by atoms with Crippen LogP contribution in [-0.2, 0) is 22.4 Å². The third-order valence-electron chi connectivity index (χ3n) is 6.56. The fourth-order valence-electron chi connectivity index (χ4n) is 4.53. The maximum Gasteiger partial charge on any atom is 0.414 e. The molecule has 2 aromatic carbocycles. The van der Waals surface area contributed by atoms with E-state index in [-0.39, 0.29) is 24.2 Å². The van der Waals surface area contributed by atoms with Gasteiger partial charge in [-0.2, -0.15) is 0 Å². The van der Waals surface area contributed by atoms with Crippen molar-refractivity contribution < 1.29 is 33.0 Å². The Hall–Kier alpha value is -3.49. The number of carboxylic acid groups (broad SMARTS) is 1. The monoisotopic (exact) mass is 502 g/mol. The largest absolute Gasteiger partial charge is 0.480 e. The van der Waals surface area contributed by atoms with Crippen LogP contribution in [0.25, 0.3) is 0 Å². The molecule has 2 N–H and O–H groups in total. The van der Waals surface area contributed by atoms with Crippen LogP contribution < -0.4 is 10.1 Å². The van der Waals surface area contributed by atoms with Crippen LogP contribution in [0, 0.1) is 23.5 Å². The molecule has 0 bridgehead atoms. The number of ether oxygens (including phenoxy) is 1. The first-order valence-electron chi connectivity index (χ1n) is 12.1. The molecule has 0 aromatic heterocycles. The van der Waals surface area contributed by atoms with E-state index in [0.29, 0.717) is 30.6 Å². The van der Waals surface area contributed by atoms with Crippen molar-refractivity contribution in [2.75, 3.05) is 14.1 Å². The van der Waals surface area contributed by atoms with Gasteiger partial charge < -0.3 is 20.1 Å². The lowest BCUT2D eigenvalue weighted by Gasteiger charge is -2.31. The van der Waals surface area contributed by atoms with Gasteiger partial charge in [-0.3, -0.25) is 4.79 Å². The molecule has 0 radical (unpaired) electrons. The van der Waals surface area contributed by atoms with Crippen LogP contribution in [0.2, 0.25) is 0 Å². The Morgan fingerprint density at radius 1 is 1.03 bits per heavy atom. The van der Waals surface area contributed by atoms with E-state index in [2.05, 4.69) is 5.32 Å². The SMILES string of the molecule is CN(C)C(=O)Oc1ccc(CC[C@H](NC(=O)[C@H]2CCCC[C@@H]2Cc2ccc(F)c(F)c2)C(=O)O)cc1. The minimum absolute atomic E-state index is 0.0736. The molecule has 3 rings (SSSR count). The molecule has 0 heterocycles. The molecule has 0 unspecified atom stereocenters. The lowest BCUT2D eigenvalue weighted by molar-refractivity contribution is -0.143. The first-order valence-corrected chi connectivity index (χ1v) is 12.1. The van der Waals surface area contributed by atoms with E-state index in [1.807, 2.05) is 0 Å². The number of nitrogens with zero attached hydrogens (tertiary/aromatic N) is 1. The topological polar surface area (TPSA) is 95.9 Å². The van der Waals surface area contributed by atoms with Gasteiger partial charge in [0.15, 0.2) is 11.6 Å². The average molecular weight is 503 g/mol. The highest BCUT2D eigenvalue weighted by Gasteiger charge is 2.33. The zero-order valence-corrected chi connectivity index (χ0v) is 20.5. The Morgan fingerprint density at radius 2 is 1.69 bits per heavy atom. The van der Waals surface area contributed by atoms with Crippen molar-refractivity contribution in [3.63, 3.8) is 0 Å². The summed E-state index contributed by atoms with van der Waals surface area (Å²) in [4.78, 5) is 37.9. The van der Waals surface area contributed by atoms with Crippen LogP contribution in [0.4, 0.5) is 13.6 Å². The summed E-state index contributed by atoms with van der Waals surface area (Å²) in [6, 6.07) is 9.47. The molecule has 9 heteroatoms. The molecule has 0 aliphatic heterocycles. The lowest BCUT2D eigenvalue weighted by Crippen LogP contribution is -2.46. The number of amides is 2. The number of aliphatic carboxylic acids is 1. The molecule has 36 heavy (non-hydrogen) atoms. The highest BCUT2D eigenvalue weighted by atomic mass is 19.2. The van der Waals surface area contributed by atoms with Gasteiger partial charge in [0.1, 0.15) is 11.8 Å². The molecule has 1 aliphatic carbocycles. The molecule has 2 aromatic rings. The summed E-state index contributed by atoms with van der Waals surface area (Å²) in [7, 11) is 3.16. The summed E-state index contributed by atoms with van der Waals surface area (Å²) in [6.45, 7) is 0. The standard InChI is InChI=1S/C27H32F2N2O5/c1-31(2)27(35)36-20-11-7-17(8-12-20)10-14-24(26(33)34)30-25(32)21-6-4-3-5-19(21)15-18-9-13-22(28)23(29)16-18/h7-9,11-13,16,19,21,24H,3-6,10,14-15H2,1-2H3,(H,30,32)(H,33,34)/t19-,21+,24+/m1/s1. The number of aryl methyl sites for hydroxylation is 1. The van der Waals surface area contributed by atoms with Gasteiger partial charge in [0.25, 0.3) is 0 Å². The van der Waals surface area contributed by atoms with Crippen LogP contribution in [0.15, 0.2) is 42.5 Å². The number of nitrogens with one attached hydrogen (secondary N) is 1. The Kier molecular flexibility index (Phi) is 9.38. The van der Waals surface area contributed by atoms with E-state index in [4.69, 9.17) is 4.74 Å². The molecule has 1 fully saturated rings. The van der Waals surface area contributed by atoms with Crippen molar-refractivity contribution in [3.05, 3.63) is 65.2 Å². The number of carbonyl (C=O) groups excluding carboxylic acids is 2. The summed E-state index contributed by atoms with van der Waals surface area (Å²) < 4.78 is 32.1. The molecular formula is C27H32F2N2O5. The second kappa shape index (κ2) is 12.5. The molecule has 1 saturated carbocycles.